The summed E-state index contributed by atoms with van der Waals surface area (Å²) in [5.74, 6) is -0.313. The Morgan fingerprint density at radius 1 is 1.32 bits per heavy atom. The van der Waals surface area contributed by atoms with Crippen LogP contribution in [-0.2, 0) is 6.42 Å². The van der Waals surface area contributed by atoms with E-state index in [0.29, 0.717) is 5.02 Å². The molecule has 2 nitrogen and oxygen atoms in total. The molecule has 0 amide bonds. The second-order valence-electron chi connectivity index (χ2n) is 4.38. The van der Waals surface area contributed by atoms with E-state index in [4.69, 9.17) is 11.6 Å². The van der Waals surface area contributed by atoms with E-state index in [1.54, 1.807) is 6.20 Å². The zero-order valence-corrected chi connectivity index (χ0v) is 11.5. The van der Waals surface area contributed by atoms with E-state index in [-0.39, 0.29) is 11.9 Å². The predicted octanol–water partition coefficient (Wildman–Crippen LogP) is 3.77. The summed E-state index contributed by atoms with van der Waals surface area (Å²) in [6.45, 7) is 2.83. The maximum absolute atomic E-state index is 13.3. The van der Waals surface area contributed by atoms with E-state index >= 15 is 0 Å². The van der Waals surface area contributed by atoms with Gasteiger partial charge in [0.05, 0.1) is 6.20 Å². The van der Waals surface area contributed by atoms with Crippen LogP contribution in [-0.4, -0.2) is 11.5 Å². The monoisotopic (exact) mass is 278 g/mol. The fraction of sp³-hybridized carbons (Fsp3) is 0.267. The summed E-state index contributed by atoms with van der Waals surface area (Å²) in [5, 5.41) is 4.06. The van der Waals surface area contributed by atoms with Crippen LogP contribution < -0.4 is 5.32 Å². The van der Waals surface area contributed by atoms with Gasteiger partial charge in [-0.25, -0.2) is 4.39 Å². The molecule has 0 saturated carbocycles. The van der Waals surface area contributed by atoms with Crippen LogP contribution in [0.5, 0.6) is 0 Å². The molecule has 1 atom stereocenters. The van der Waals surface area contributed by atoms with Crippen molar-refractivity contribution < 1.29 is 4.39 Å². The van der Waals surface area contributed by atoms with Crippen molar-refractivity contribution in [2.24, 2.45) is 0 Å². The Bertz CT molecular complexity index is 545. The molecule has 0 spiro atoms. The third-order valence-corrected chi connectivity index (χ3v) is 3.14. The molecule has 1 N–H and O–H groups in total. The lowest BCUT2D eigenvalue weighted by atomic mass is 10.00. The van der Waals surface area contributed by atoms with Gasteiger partial charge in [-0.2, -0.15) is 0 Å². The van der Waals surface area contributed by atoms with E-state index in [0.717, 1.165) is 24.1 Å². The number of nitrogens with zero attached hydrogens (tertiary/aromatic N) is 1. The Hall–Kier alpha value is -1.45. The van der Waals surface area contributed by atoms with Crippen molar-refractivity contribution >= 4 is 11.6 Å². The first-order chi connectivity index (χ1) is 9.19. The van der Waals surface area contributed by atoms with Crippen LogP contribution in [0.15, 0.2) is 42.7 Å². The van der Waals surface area contributed by atoms with Gasteiger partial charge in [-0.1, -0.05) is 30.7 Å². The van der Waals surface area contributed by atoms with Crippen molar-refractivity contribution in [3.8, 4) is 0 Å². The molecule has 1 aromatic carbocycles. The maximum atomic E-state index is 13.3. The fourth-order valence-corrected chi connectivity index (χ4v) is 2.29. The highest BCUT2D eigenvalue weighted by Gasteiger charge is 2.12. The molecule has 100 valence electrons. The lowest BCUT2D eigenvalue weighted by Gasteiger charge is -2.18. The van der Waals surface area contributed by atoms with Crippen molar-refractivity contribution in [3.63, 3.8) is 0 Å². The summed E-state index contributed by atoms with van der Waals surface area (Å²) in [5.41, 5.74) is 1.96. The van der Waals surface area contributed by atoms with Crippen LogP contribution in [0.4, 0.5) is 4.39 Å². The van der Waals surface area contributed by atoms with Gasteiger partial charge < -0.3 is 5.32 Å². The van der Waals surface area contributed by atoms with Gasteiger partial charge in [0.15, 0.2) is 0 Å². The Kier molecular flexibility index (Phi) is 4.88. The molecule has 0 fully saturated rings. The third-order valence-electron chi connectivity index (χ3n) is 2.91. The number of hydrogen-bond donors (Lipinski definition) is 1. The largest absolute Gasteiger partial charge is 0.310 e. The third kappa shape index (κ3) is 4.01. The number of nitrogens with one attached hydrogen (secondary N) is 1. The van der Waals surface area contributed by atoms with Crippen molar-refractivity contribution in [2.75, 3.05) is 6.54 Å². The number of likely N-dealkylation sites (N-methyl/N-ethyl adjacent to an activating group) is 1. The van der Waals surface area contributed by atoms with Gasteiger partial charge in [-0.3, -0.25) is 4.98 Å². The molecule has 19 heavy (non-hydrogen) atoms. The second kappa shape index (κ2) is 6.64. The maximum Gasteiger partial charge on any atom is 0.141 e. The minimum Gasteiger partial charge on any atom is -0.310 e. The Balaban J connectivity index is 2.21. The van der Waals surface area contributed by atoms with Crippen molar-refractivity contribution in [1.82, 2.24) is 10.3 Å². The molecular weight excluding hydrogens is 263 g/mol. The van der Waals surface area contributed by atoms with Gasteiger partial charge in [-0.05, 0) is 42.3 Å². The average Bonchev–Trinajstić information content (AvgIpc) is 2.38. The Morgan fingerprint density at radius 3 is 2.84 bits per heavy atom. The molecule has 0 radical (unpaired) electrons. The Morgan fingerprint density at radius 2 is 2.16 bits per heavy atom. The fourth-order valence-electron chi connectivity index (χ4n) is 2.07. The molecule has 1 aromatic heterocycles. The minimum atomic E-state index is -0.313. The zero-order valence-electron chi connectivity index (χ0n) is 10.7. The van der Waals surface area contributed by atoms with Gasteiger partial charge in [0.2, 0.25) is 0 Å². The zero-order chi connectivity index (χ0) is 13.7. The molecule has 0 aliphatic heterocycles. The van der Waals surface area contributed by atoms with E-state index < -0.39 is 0 Å². The van der Waals surface area contributed by atoms with E-state index in [1.165, 1.54) is 12.3 Å². The highest BCUT2D eigenvalue weighted by molar-refractivity contribution is 6.30. The molecule has 1 heterocycles. The molecule has 1 unspecified atom stereocenters. The van der Waals surface area contributed by atoms with Crippen molar-refractivity contribution in [3.05, 3.63) is 64.7 Å². The van der Waals surface area contributed by atoms with Crippen LogP contribution in [0.25, 0.3) is 0 Å². The summed E-state index contributed by atoms with van der Waals surface area (Å²) >= 11 is 5.98. The normalized spacial score (nSPS) is 12.4. The molecule has 0 aliphatic carbocycles. The van der Waals surface area contributed by atoms with Gasteiger partial charge in [-0.15, -0.1) is 0 Å². The topological polar surface area (TPSA) is 24.9 Å². The highest BCUT2D eigenvalue weighted by Crippen LogP contribution is 2.20. The summed E-state index contributed by atoms with van der Waals surface area (Å²) in [6, 6.07) is 9.26. The number of benzene rings is 1. The number of halogens is 2. The Labute approximate surface area is 117 Å². The van der Waals surface area contributed by atoms with Crippen LogP contribution >= 0.6 is 11.6 Å². The molecule has 2 rings (SSSR count). The van der Waals surface area contributed by atoms with Crippen LogP contribution in [0.1, 0.15) is 24.1 Å². The van der Waals surface area contributed by atoms with Gasteiger partial charge in [0.1, 0.15) is 5.82 Å². The average molecular weight is 279 g/mol. The first-order valence-corrected chi connectivity index (χ1v) is 6.65. The van der Waals surface area contributed by atoms with Crippen LogP contribution in [0.2, 0.25) is 5.02 Å². The quantitative estimate of drug-likeness (QED) is 0.901. The summed E-state index contributed by atoms with van der Waals surface area (Å²) in [7, 11) is 0. The molecule has 0 aliphatic rings. The first-order valence-electron chi connectivity index (χ1n) is 6.27. The van der Waals surface area contributed by atoms with Crippen LogP contribution in [0, 0.1) is 5.82 Å². The van der Waals surface area contributed by atoms with Gasteiger partial charge in [0.25, 0.3) is 0 Å². The standard InChI is InChI=1S/C15H16ClFN2/c1-2-19-15(12-8-14(17)10-18-9-12)7-11-4-3-5-13(16)6-11/h3-6,8-10,15,19H,2,7H2,1H3. The van der Waals surface area contributed by atoms with Crippen molar-refractivity contribution in [1.29, 1.82) is 0 Å². The second-order valence-corrected chi connectivity index (χ2v) is 4.82. The number of pyridine rings is 1. The van der Waals surface area contributed by atoms with Crippen molar-refractivity contribution in [2.45, 2.75) is 19.4 Å². The smallest absolute Gasteiger partial charge is 0.141 e. The molecule has 0 bridgehead atoms. The van der Waals surface area contributed by atoms with Gasteiger partial charge in [0, 0.05) is 17.3 Å². The molecular formula is C15H16ClFN2. The summed E-state index contributed by atoms with van der Waals surface area (Å²) in [4.78, 5) is 3.91. The van der Waals surface area contributed by atoms with E-state index in [1.807, 2.05) is 31.2 Å². The first kappa shape index (κ1) is 14.0. The van der Waals surface area contributed by atoms with E-state index in [2.05, 4.69) is 10.3 Å². The van der Waals surface area contributed by atoms with E-state index in [9.17, 15) is 4.39 Å². The predicted molar refractivity (Wildman–Crippen MR) is 75.8 cm³/mol. The molecule has 2 aromatic rings. The number of hydrogen-bond acceptors (Lipinski definition) is 2. The number of aromatic nitrogens is 1. The minimum absolute atomic E-state index is 0.0340. The molecule has 0 saturated heterocycles. The van der Waals surface area contributed by atoms with Crippen LogP contribution in [0.3, 0.4) is 0 Å². The summed E-state index contributed by atoms with van der Waals surface area (Å²) < 4.78 is 13.3. The molecule has 4 heteroatoms. The SMILES string of the molecule is CCNC(Cc1cccc(Cl)c1)c1cncc(F)c1. The van der Waals surface area contributed by atoms with Gasteiger partial charge >= 0.3 is 0 Å². The highest BCUT2D eigenvalue weighted by atomic mass is 35.5. The summed E-state index contributed by atoms with van der Waals surface area (Å²) in [6.07, 6.45) is 3.66. The lowest BCUT2D eigenvalue weighted by Crippen LogP contribution is -2.23. The lowest BCUT2D eigenvalue weighted by molar-refractivity contribution is 0.539. The number of rotatable bonds is 5.